The number of aromatic nitrogens is 5. The predicted octanol–water partition coefficient (Wildman–Crippen LogP) is 2.82. The lowest BCUT2D eigenvalue weighted by atomic mass is 10.1. The molecule has 0 bridgehead atoms. The molecule has 0 spiro atoms. The number of ether oxygens (including phenoxy) is 1. The second kappa shape index (κ2) is 9.11. The number of morpholine rings is 1. The van der Waals surface area contributed by atoms with Crippen molar-refractivity contribution in [2.45, 2.75) is 20.4 Å². The molecule has 7 rings (SSSR count). The number of imide groups is 1. The van der Waals surface area contributed by atoms with Crippen LogP contribution in [0.1, 0.15) is 19.4 Å². The summed E-state index contributed by atoms with van der Waals surface area (Å²) in [6.45, 7) is 7.92. The highest BCUT2D eigenvalue weighted by molar-refractivity contribution is 6.32. The first-order chi connectivity index (χ1) is 18.2. The number of rotatable bonds is 3. The van der Waals surface area contributed by atoms with Crippen molar-refractivity contribution in [2.75, 3.05) is 26.3 Å². The minimum Gasteiger partial charge on any atom is -0.379 e. The fraction of sp³-hybridized carbons (Fsp3) is 0.423. The first-order valence-corrected chi connectivity index (χ1v) is 12.8. The largest absolute Gasteiger partial charge is 0.379 e. The zero-order chi connectivity index (χ0) is 26.8. The molecule has 1 aliphatic carbocycles. The Labute approximate surface area is 222 Å². The average molecular weight is 540 g/mol. The minimum atomic E-state index is -0.611. The molecule has 2 unspecified atom stereocenters. The third-order valence-electron chi connectivity index (χ3n) is 7.65. The van der Waals surface area contributed by atoms with Crippen LogP contribution in [0, 0.1) is 23.2 Å². The Bertz CT molecular complexity index is 1560. The van der Waals surface area contributed by atoms with Crippen molar-refractivity contribution in [3.8, 4) is 11.3 Å². The van der Waals surface area contributed by atoms with Crippen LogP contribution >= 0.6 is 11.6 Å². The van der Waals surface area contributed by atoms with Crippen molar-refractivity contribution in [2.24, 2.45) is 24.3 Å². The molecule has 3 aliphatic rings. The number of likely N-dealkylation sites (tertiary alicyclic amines) is 1. The van der Waals surface area contributed by atoms with Crippen LogP contribution in [0.2, 0.25) is 5.02 Å². The van der Waals surface area contributed by atoms with Crippen molar-refractivity contribution in [3.63, 3.8) is 0 Å². The van der Waals surface area contributed by atoms with E-state index in [4.69, 9.17) is 16.3 Å². The average Bonchev–Trinajstić information content (AvgIpc) is 3.16. The second-order valence-electron chi connectivity index (χ2n) is 10.5. The van der Waals surface area contributed by atoms with Gasteiger partial charge in [-0.3, -0.25) is 19.2 Å². The zero-order valence-corrected chi connectivity index (χ0v) is 22.0. The molecule has 10 nitrogen and oxygen atoms in total. The Morgan fingerprint density at radius 1 is 1.16 bits per heavy atom. The Hall–Kier alpha value is -3.41. The van der Waals surface area contributed by atoms with Crippen molar-refractivity contribution >= 4 is 39.8 Å². The monoisotopic (exact) mass is 539 g/mol. The zero-order valence-electron chi connectivity index (χ0n) is 21.2. The van der Waals surface area contributed by atoms with Crippen LogP contribution < -0.4 is 5.32 Å². The molecule has 198 valence electrons. The molecule has 1 N–H and O–H groups in total. The number of fused-ring (bicyclic) bond motifs is 3. The van der Waals surface area contributed by atoms with Crippen molar-refractivity contribution in [1.82, 2.24) is 34.6 Å². The minimum absolute atomic E-state index is 0.117. The first kappa shape index (κ1) is 24.9. The van der Waals surface area contributed by atoms with Crippen molar-refractivity contribution < 1.29 is 18.7 Å². The van der Waals surface area contributed by atoms with Crippen LogP contribution in [0.25, 0.3) is 27.7 Å². The van der Waals surface area contributed by atoms with E-state index >= 15 is 0 Å². The molecule has 1 saturated carbocycles. The van der Waals surface area contributed by atoms with Gasteiger partial charge in [0.2, 0.25) is 17.8 Å². The summed E-state index contributed by atoms with van der Waals surface area (Å²) in [4.78, 5) is 31.2. The molecule has 5 heterocycles. The van der Waals surface area contributed by atoms with Gasteiger partial charge in [-0.2, -0.15) is 9.49 Å². The maximum atomic E-state index is 14.3. The molecule has 2 amide bonds. The summed E-state index contributed by atoms with van der Waals surface area (Å²) >= 11 is 6.26. The van der Waals surface area contributed by atoms with Crippen molar-refractivity contribution in [3.05, 3.63) is 47.3 Å². The number of halogens is 2. The quantitative estimate of drug-likeness (QED) is 0.399. The lowest BCUT2D eigenvalue weighted by molar-refractivity contribution is -0.143. The molecule has 2 atom stereocenters. The number of hydrogen-bond acceptors (Lipinski definition) is 7. The van der Waals surface area contributed by atoms with E-state index in [2.05, 4.69) is 20.5 Å². The fourth-order valence-corrected chi connectivity index (χ4v) is 5.87. The highest BCUT2D eigenvalue weighted by atomic mass is 35.5. The summed E-state index contributed by atoms with van der Waals surface area (Å²) in [5.41, 5.74) is 2.87. The summed E-state index contributed by atoms with van der Waals surface area (Å²) in [7, 11) is 1.65. The lowest BCUT2D eigenvalue weighted by Gasteiger charge is -2.19. The van der Waals surface area contributed by atoms with Crippen LogP contribution in [-0.2, 0) is 27.9 Å². The Morgan fingerprint density at radius 3 is 2.50 bits per heavy atom. The smallest absolute Gasteiger partial charge is 0.240 e. The van der Waals surface area contributed by atoms with E-state index < -0.39 is 5.95 Å². The SMILES string of the molecule is C1COCCN1.Cn1nc(F)c2cc(Cl)cc(-c3ncnn4cc(CN5C(=O)C6C(C5=O)C6(C)C)cc34)c21. The highest BCUT2D eigenvalue weighted by Gasteiger charge is 2.72. The molecular weight excluding hydrogens is 513 g/mol. The van der Waals surface area contributed by atoms with Gasteiger partial charge in [0.25, 0.3) is 0 Å². The van der Waals surface area contributed by atoms with Crippen LogP contribution in [0.15, 0.2) is 30.7 Å². The maximum Gasteiger partial charge on any atom is 0.240 e. The fourth-order valence-electron chi connectivity index (χ4n) is 5.66. The number of aryl methyl sites for hydroxylation is 1. The number of piperidine rings is 1. The third-order valence-corrected chi connectivity index (χ3v) is 7.87. The van der Waals surface area contributed by atoms with Crippen LogP contribution in [0.3, 0.4) is 0 Å². The number of amides is 2. The van der Waals surface area contributed by atoms with Gasteiger partial charge in [0.05, 0.1) is 48.0 Å². The van der Waals surface area contributed by atoms with Crippen LogP contribution in [0.5, 0.6) is 0 Å². The normalized spacial score (nSPS) is 22.1. The van der Waals surface area contributed by atoms with Gasteiger partial charge in [0.15, 0.2) is 0 Å². The van der Waals surface area contributed by atoms with E-state index in [1.165, 1.54) is 22.0 Å². The summed E-state index contributed by atoms with van der Waals surface area (Å²) in [5, 5.41) is 12.0. The highest BCUT2D eigenvalue weighted by Crippen LogP contribution is 2.63. The lowest BCUT2D eigenvalue weighted by Crippen LogP contribution is -2.35. The summed E-state index contributed by atoms with van der Waals surface area (Å²) in [5.74, 6) is -1.29. The van der Waals surface area contributed by atoms with Gasteiger partial charge >= 0.3 is 0 Å². The summed E-state index contributed by atoms with van der Waals surface area (Å²) in [6.07, 6.45) is 3.16. The van der Waals surface area contributed by atoms with Gasteiger partial charge in [0.1, 0.15) is 12.0 Å². The van der Waals surface area contributed by atoms with E-state index in [0.717, 1.165) is 31.9 Å². The van der Waals surface area contributed by atoms with Gasteiger partial charge in [-0.15, -0.1) is 5.10 Å². The van der Waals surface area contributed by atoms with Gasteiger partial charge in [-0.1, -0.05) is 25.4 Å². The van der Waals surface area contributed by atoms with E-state index in [0.29, 0.717) is 32.7 Å². The number of carbonyl (C=O) groups excluding carboxylic acids is 2. The molecule has 2 saturated heterocycles. The molecular formula is C26H27ClFN7O3. The number of benzene rings is 1. The maximum absolute atomic E-state index is 14.3. The van der Waals surface area contributed by atoms with E-state index in [-0.39, 0.29) is 35.6 Å². The van der Waals surface area contributed by atoms with Gasteiger partial charge in [0, 0.05) is 36.9 Å². The topological polar surface area (TPSA) is 107 Å². The Kier molecular flexibility index (Phi) is 5.97. The van der Waals surface area contributed by atoms with E-state index in [9.17, 15) is 14.0 Å². The number of nitrogens with one attached hydrogen (secondary N) is 1. The molecule has 0 radical (unpaired) electrons. The standard InChI is InChI=1S/C22H18ClFN6O2.C4H9NO/c1-22(2)15-16(22)21(32)29(20(15)31)7-10-4-14-17(25-9-26-30(14)8-10)12-5-11(23)6-13-18(12)28(3)27-19(13)24;1-3-6-4-2-5-1/h4-6,8-9,15-16H,7H2,1-3H3;5H,1-4H2. The van der Waals surface area contributed by atoms with E-state index in [1.54, 1.807) is 23.8 Å². The summed E-state index contributed by atoms with van der Waals surface area (Å²) < 4.78 is 22.4. The molecule has 38 heavy (non-hydrogen) atoms. The molecule has 4 aromatic rings. The number of carbonyl (C=O) groups is 2. The molecule has 3 aromatic heterocycles. The van der Waals surface area contributed by atoms with E-state index in [1.807, 2.05) is 19.9 Å². The molecule has 1 aromatic carbocycles. The third kappa shape index (κ3) is 3.96. The molecule has 2 aliphatic heterocycles. The summed E-state index contributed by atoms with van der Waals surface area (Å²) in [6, 6.07) is 5.08. The van der Waals surface area contributed by atoms with Crippen LogP contribution in [0.4, 0.5) is 4.39 Å². The second-order valence-corrected chi connectivity index (χ2v) is 10.9. The predicted molar refractivity (Wildman–Crippen MR) is 138 cm³/mol. The molecule has 3 fully saturated rings. The van der Waals surface area contributed by atoms with Crippen LogP contribution in [-0.4, -0.2) is 67.4 Å². The Balaban J connectivity index is 0.000000390. The first-order valence-electron chi connectivity index (χ1n) is 12.5. The van der Waals surface area contributed by atoms with Gasteiger partial charge < -0.3 is 10.1 Å². The van der Waals surface area contributed by atoms with Crippen molar-refractivity contribution in [1.29, 1.82) is 0 Å². The number of hydrogen-bond donors (Lipinski definition) is 1. The molecule has 12 heteroatoms. The Morgan fingerprint density at radius 2 is 1.87 bits per heavy atom. The number of nitrogens with zero attached hydrogens (tertiary/aromatic N) is 6. The van der Waals surface area contributed by atoms with Gasteiger partial charge in [-0.05, 0) is 29.2 Å². The van der Waals surface area contributed by atoms with Gasteiger partial charge in [-0.25, -0.2) is 9.50 Å².